The zero-order chi connectivity index (χ0) is 29.0. The van der Waals surface area contributed by atoms with Gasteiger partial charge in [-0.05, 0) is 69.7 Å². The van der Waals surface area contributed by atoms with E-state index in [0.29, 0.717) is 37.1 Å². The van der Waals surface area contributed by atoms with Crippen LogP contribution in [-0.4, -0.2) is 46.8 Å². The normalized spacial score (nSPS) is 13.4. The number of hydrogen-bond donors (Lipinski definition) is 2. The molecule has 3 heterocycles. The van der Waals surface area contributed by atoms with Gasteiger partial charge in [-0.3, -0.25) is 0 Å². The van der Waals surface area contributed by atoms with Crippen molar-refractivity contribution in [1.29, 1.82) is 0 Å². The number of pyridine rings is 1. The number of aromatic nitrogens is 3. The summed E-state index contributed by atoms with van der Waals surface area (Å²) in [6, 6.07) is 17.7. The van der Waals surface area contributed by atoms with E-state index < -0.39 is 11.7 Å². The van der Waals surface area contributed by atoms with Gasteiger partial charge in [0.25, 0.3) is 0 Å². The van der Waals surface area contributed by atoms with Crippen molar-refractivity contribution in [3.63, 3.8) is 0 Å². The molecule has 1 unspecified atom stereocenters. The lowest BCUT2D eigenvalue weighted by Gasteiger charge is -2.21. The first kappa shape index (κ1) is 28.0. The highest BCUT2D eigenvalue weighted by molar-refractivity contribution is 5.75. The van der Waals surface area contributed by atoms with Gasteiger partial charge in [0.2, 0.25) is 5.88 Å². The highest BCUT2D eigenvalue weighted by Crippen LogP contribution is 2.40. The number of fused-ring (bicyclic) bond motifs is 1. The fourth-order valence-electron chi connectivity index (χ4n) is 4.39. The number of ether oxygens (including phenoxy) is 4. The van der Waals surface area contributed by atoms with Crippen LogP contribution in [-0.2, 0) is 11.3 Å². The van der Waals surface area contributed by atoms with E-state index in [1.54, 1.807) is 19.5 Å². The number of nitrogens with one attached hydrogen (secondary N) is 2. The fourth-order valence-corrected chi connectivity index (χ4v) is 4.39. The summed E-state index contributed by atoms with van der Waals surface area (Å²) in [5.41, 5.74) is 4.61. The molecule has 2 aromatic heterocycles. The van der Waals surface area contributed by atoms with Gasteiger partial charge in [0, 0.05) is 35.6 Å². The Bertz CT molecular complexity index is 1530. The number of carbonyl (C=O) groups excluding carboxylic acids is 1. The molecule has 0 amide bonds. The Balaban J connectivity index is 1.24. The van der Waals surface area contributed by atoms with Gasteiger partial charge in [-0.2, -0.15) is 9.78 Å². The third-order valence-corrected chi connectivity index (χ3v) is 6.40. The average molecular weight is 558 g/mol. The average Bonchev–Trinajstić information content (AvgIpc) is 3.46. The molecular weight excluding hydrogens is 522 g/mol. The Hall–Kier alpha value is -4.57. The fraction of sp³-hybridized carbons (Fsp3) is 0.323. The molecule has 4 aromatic rings. The number of nitrogens with zero attached hydrogens (tertiary/aromatic N) is 3. The van der Waals surface area contributed by atoms with Crippen LogP contribution >= 0.6 is 0 Å². The van der Waals surface area contributed by atoms with Gasteiger partial charge < -0.3 is 29.6 Å². The highest BCUT2D eigenvalue weighted by Gasteiger charge is 2.20. The first-order chi connectivity index (χ1) is 19.7. The van der Waals surface area contributed by atoms with Crippen LogP contribution in [0.3, 0.4) is 0 Å². The van der Waals surface area contributed by atoms with Gasteiger partial charge in [-0.15, -0.1) is 0 Å². The van der Waals surface area contributed by atoms with Gasteiger partial charge in [0.05, 0.1) is 19.0 Å². The molecule has 0 aliphatic carbocycles. The maximum Gasteiger partial charge on any atom is 0.435 e. The van der Waals surface area contributed by atoms with Crippen LogP contribution in [0, 0.1) is 0 Å². The van der Waals surface area contributed by atoms with E-state index in [1.165, 1.54) is 4.68 Å². The molecule has 0 bridgehead atoms. The molecule has 10 heteroatoms. The van der Waals surface area contributed by atoms with Crippen molar-refractivity contribution in [2.75, 3.05) is 25.6 Å². The zero-order valence-corrected chi connectivity index (χ0v) is 23.9. The number of carbonyl (C=O) groups is 1. The van der Waals surface area contributed by atoms with Crippen LogP contribution in [0.2, 0.25) is 0 Å². The summed E-state index contributed by atoms with van der Waals surface area (Å²) in [6.45, 7) is 9.15. The van der Waals surface area contributed by atoms with E-state index in [0.717, 1.165) is 33.8 Å². The predicted molar refractivity (Wildman–Crippen MR) is 156 cm³/mol. The van der Waals surface area contributed by atoms with Crippen LogP contribution in [0.25, 0.3) is 11.3 Å². The molecule has 2 aromatic carbocycles. The van der Waals surface area contributed by atoms with E-state index in [1.807, 2.05) is 76.2 Å². The van der Waals surface area contributed by atoms with Crippen molar-refractivity contribution in [2.24, 2.45) is 0 Å². The SMILES string of the molecule is COc1nc(-c2cccc3c2OCCO3)ccc1Nc1cccc(CNC(C)c2cnn(C(=O)OC(C)(C)C)c2)c1. The molecule has 0 saturated carbocycles. The number of anilines is 2. The minimum atomic E-state index is -0.583. The van der Waals surface area contributed by atoms with Gasteiger partial charge >= 0.3 is 6.09 Å². The summed E-state index contributed by atoms with van der Waals surface area (Å²) >= 11 is 0. The lowest BCUT2D eigenvalue weighted by molar-refractivity contribution is 0.0514. The molecule has 41 heavy (non-hydrogen) atoms. The van der Waals surface area contributed by atoms with Crippen LogP contribution in [0.15, 0.2) is 67.0 Å². The number of rotatable bonds is 8. The van der Waals surface area contributed by atoms with E-state index >= 15 is 0 Å². The van der Waals surface area contributed by atoms with Crippen molar-refractivity contribution < 1.29 is 23.7 Å². The predicted octanol–water partition coefficient (Wildman–Crippen LogP) is 6.10. The zero-order valence-electron chi connectivity index (χ0n) is 23.9. The monoisotopic (exact) mass is 557 g/mol. The quantitative estimate of drug-likeness (QED) is 0.265. The third kappa shape index (κ3) is 6.78. The maximum atomic E-state index is 12.3. The van der Waals surface area contributed by atoms with Crippen molar-refractivity contribution in [3.05, 3.63) is 78.1 Å². The van der Waals surface area contributed by atoms with Crippen LogP contribution < -0.4 is 24.8 Å². The molecule has 0 spiro atoms. The molecule has 1 aliphatic heterocycles. The molecular formula is C31H35N5O5. The summed E-state index contributed by atoms with van der Waals surface area (Å²) < 4.78 is 23.8. The van der Waals surface area contributed by atoms with Crippen molar-refractivity contribution >= 4 is 17.5 Å². The Kier molecular flexibility index (Phi) is 8.11. The van der Waals surface area contributed by atoms with Gasteiger partial charge in [0.1, 0.15) is 24.5 Å². The van der Waals surface area contributed by atoms with Crippen LogP contribution in [0.5, 0.6) is 17.4 Å². The largest absolute Gasteiger partial charge is 0.486 e. The standard InChI is InChI=1S/C31H35N5O5/c1-20(22-18-33-36(19-22)30(37)41-31(2,3)4)32-17-21-8-6-9-23(16-21)34-26-13-12-25(35-29(26)38-5)24-10-7-11-27-28(24)40-15-14-39-27/h6-13,16,18-20,32,34H,14-15,17H2,1-5H3. The van der Waals surface area contributed by atoms with Crippen molar-refractivity contribution in [3.8, 4) is 28.6 Å². The molecule has 0 radical (unpaired) electrons. The second-order valence-corrected chi connectivity index (χ2v) is 10.7. The molecule has 214 valence electrons. The first-order valence-electron chi connectivity index (χ1n) is 13.5. The molecule has 5 rings (SSSR count). The Labute approximate surface area is 239 Å². The van der Waals surface area contributed by atoms with Gasteiger partial charge in [-0.25, -0.2) is 9.78 Å². The van der Waals surface area contributed by atoms with Crippen molar-refractivity contribution in [1.82, 2.24) is 20.1 Å². The second-order valence-electron chi connectivity index (χ2n) is 10.7. The number of benzene rings is 2. The molecule has 1 aliphatic rings. The smallest absolute Gasteiger partial charge is 0.435 e. The van der Waals surface area contributed by atoms with Crippen LogP contribution in [0.1, 0.15) is 44.9 Å². The maximum absolute atomic E-state index is 12.3. The Morgan fingerprint density at radius 2 is 1.90 bits per heavy atom. The Morgan fingerprint density at radius 1 is 1.10 bits per heavy atom. The van der Waals surface area contributed by atoms with E-state index in [2.05, 4.69) is 21.8 Å². The summed E-state index contributed by atoms with van der Waals surface area (Å²) in [5, 5.41) is 11.1. The lowest BCUT2D eigenvalue weighted by atomic mass is 10.1. The number of para-hydroxylation sites is 1. The van der Waals surface area contributed by atoms with E-state index in [4.69, 9.17) is 23.9 Å². The minimum Gasteiger partial charge on any atom is -0.486 e. The molecule has 0 fully saturated rings. The molecule has 0 saturated heterocycles. The van der Waals surface area contributed by atoms with E-state index in [9.17, 15) is 4.79 Å². The van der Waals surface area contributed by atoms with Gasteiger partial charge in [-0.1, -0.05) is 18.2 Å². The molecule has 1 atom stereocenters. The summed E-state index contributed by atoms with van der Waals surface area (Å²) in [7, 11) is 1.60. The highest BCUT2D eigenvalue weighted by atomic mass is 16.6. The Morgan fingerprint density at radius 3 is 2.71 bits per heavy atom. The number of hydrogen-bond acceptors (Lipinski definition) is 9. The topological polar surface area (TPSA) is 109 Å². The molecule has 2 N–H and O–H groups in total. The summed E-state index contributed by atoms with van der Waals surface area (Å²) in [6.07, 6.45) is 2.86. The van der Waals surface area contributed by atoms with Gasteiger partial charge in [0.15, 0.2) is 11.5 Å². The summed E-state index contributed by atoms with van der Waals surface area (Å²) in [5.74, 6) is 1.88. The second kappa shape index (κ2) is 11.9. The first-order valence-corrected chi connectivity index (χ1v) is 13.5. The van der Waals surface area contributed by atoms with Crippen LogP contribution in [0.4, 0.5) is 16.2 Å². The van der Waals surface area contributed by atoms with Crippen molar-refractivity contribution in [2.45, 2.75) is 45.9 Å². The lowest BCUT2D eigenvalue weighted by Crippen LogP contribution is -2.27. The molecule has 10 nitrogen and oxygen atoms in total. The third-order valence-electron chi connectivity index (χ3n) is 6.40. The minimum absolute atomic E-state index is 0.0299. The number of methoxy groups -OCH3 is 1. The summed E-state index contributed by atoms with van der Waals surface area (Å²) in [4.78, 5) is 17.0. The van der Waals surface area contributed by atoms with E-state index in [-0.39, 0.29) is 6.04 Å².